The van der Waals surface area contributed by atoms with Gasteiger partial charge in [-0.05, 0) is 45.6 Å². The fourth-order valence-electron chi connectivity index (χ4n) is 3.82. The second-order valence-corrected chi connectivity index (χ2v) is 8.35. The molecule has 1 aromatic rings. The number of nitrogens with one attached hydrogen (secondary N) is 3. The van der Waals surface area contributed by atoms with Crippen molar-refractivity contribution in [3.05, 3.63) is 65.9 Å². The van der Waals surface area contributed by atoms with E-state index in [1.54, 1.807) is 0 Å². The molecule has 1 aromatic carbocycles. The number of unbranched alkanes of at least 4 members (excludes halogenated alkanes) is 1. The third-order valence-corrected chi connectivity index (χ3v) is 5.55. The van der Waals surface area contributed by atoms with Gasteiger partial charge in [-0.25, -0.2) is 0 Å². The normalized spacial score (nSPS) is 15.5. The minimum atomic E-state index is 0.561. The number of amidine groups is 1. The Morgan fingerprint density at radius 3 is 2.74 bits per heavy atom. The Morgan fingerprint density at radius 1 is 1.19 bits per heavy atom. The molecule has 0 aromatic heterocycles. The lowest BCUT2D eigenvalue weighted by atomic mass is 9.95. The van der Waals surface area contributed by atoms with Crippen LogP contribution in [0.15, 0.2) is 59.8 Å². The van der Waals surface area contributed by atoms with Gasteiger partial charge in [0.1, 0.15) is 0 Å². The summed E-state index contributed by atoms with van der Waals surface area (Å²) in [5.74, 6) is 0.561. The molecule has 0 unspecified atom stereocenters. The lowest BCUT2D eigenvalue weighted by Crippen LogP contribution is -2.32. The summed E-state index contributed by atoms with van der Waals surface area (Å²) in [4.78, 5) is 4.62. The van der Waals surface area contributed by atoms with Crippen LogP contribution < -0.4 is 10.6 Å². The first kappa shape index (κ1) is 24.6. The fourth-order valence-corrected chi connectivity index (χ4v) is 3.82. The van der Waals surface area contributed by atoms with E-state index in [9.17, 15) is 0 Å². The van der Waals surface area contributed by atoms with Gasteiger partial charge in [0.05, 0.1) is 11.5 Å². The molecule has 168 valence electrons. The molecule has 1 aliphatic carbocycles. The number of nitrogens with zero attached hydrogens (tertiary/aromatic N) is 1. The molecule has 4 heteroatoms. The van der Waals surface area contributed by atoms with E-state index in [1.807, 2.05) is 19.2 Å². The van der Waals surface area contributed by atoms with Gasteiger partial charge in [-0.2, -0.15) is 0 Å². The molecule has 1 aliphatic rings. The van der Waals surface area contributed by atoms with Crippen molar-refractivity contribution in [3.8, 4) is 0 Å². The number of allylic oxidation sites excluding steroid dienone is 2. The van der Waals surface area contributed by atoms with E-state index in [-0.39, 0.29) is 0 Å². The molecule has 0 radical (unpaired) electrons. The Kier molecular flexibility index (Phi) is 11.4. The summed E-state index contributed by atoms with van der Waals surface area (Å²) in [6, 6.07) is 9.03. The zero-order chi connectivity index (χ0) is 22.3. The summed E-state index contributed by atoms with van der Waals surface area (Å²) in [5.41, 5.74) is 4.51. The van der Waals surface area contributed by atoms with E-state index in [0.717, 1.165) is 42.8 Å². The summed E-state index contributed by atoms with van der Waals surface area (Å²) < 4.78 is 0. The van der Waals surface area contributed by atoms with Crippen LogP contribution >= 0.6 is 0 Å². The highest BCUT2D eigenvalue weighted by molar-refractivity contribution is 5.80. The molecule has 1 fully saturated rings. The Labute approximate surface area is 189 Å². The Morgan fingerprint density at radius 2 is 2.00 bits per heavy atom. The van der Waals surface area contributed by atoms with Gasteiger partial charge >= 0.3 is 0 Å². The van der Waals surface area contributed by atoms with Crippen LogP contribution in [0.25, 0.3) is 5.70 Å². The SMILES string of the molecule is C=C(CCNC(=N)C/C=C\CC/C=N/C(=C\C)c1cccc(C)c1)NC1CCCCC1. The van der Waals surface area contributed by atoms with Crippen LogP contribution in [0.4, 0.5) is 0 Å². The molecule has 0 saturated heterocycles. The molecule has 1 saturated carbocycles. The molecule has 3 N–H and O–H groups in total. The van der Waals surface area contributed by atoms with Crippen LogP contribution in [0.3, 0.4) is 0 Å². The predicted octanol–water partition coefficient (Wildman–Crippen LogP) is 6.55. The molecule has 0 amide bonds. The summed E-state index contributed by atoms with van der Waals surface area (Å²) in [6.45, 7) is 9.03. The summed E-state index contributed by atoms with van der Waals surface area (Å²) in [7, 11) is 0. The number of hydrogen-bond acceptors (Lipinski definition) is 3. The molecule has 0 aliphatic heterocycles. The Hall–Kier alpha value is -2.62. The highest BCUT2D eigenvalue weighted by Crippen LogP contribution is 2.18. The first-order chi connectivity index (χ1) is 15.1. The van der Waals surface area contributed by atoms with Gasteiger partial charge in [0.25, 0.3) is 0 Å². The quantitative estimate of drug-likeness (QED) is 0.155. The lowest BCUT2D eigenvalue weighted by Gasteiger charge is -2.25. The van der Waals surface area contributed by atoms with E-state index in [2.05, 4.69) is 65.5 Å². The predicted molar refractivity (Wildman–Crippen MR) is 136 cm³/mol. The number of aryl methyl sites for hydroxylation is 1. The van der Waals surface area contributed by atoms with Crippen LogP contribution in [-0.2, 0) is 0 Å². The van der Waals surface area contributed by atoms with Crippen molar-refractivity contribution in [2.24, 2.45) is 4.99 Å². The van der Waals surface area contributed by atoms with E-state index < -0.39 is 0 Å². The average molecular weight is 421 g/mol. The maximum absolute atomic E-state index is 8.05. The minimum Gasteiger partial charge on any atom is -0.386 e. The highest BCUT2D eigenvalue weighted by atomic mass is 15.0. The van der Waals surface area contributed by atoms with Gasteiger partial charge in [-0.3, -0.25) is 10.4 Å². The number of benzene rings is 1. The Balaban J connectivity index is 1.56. The van der Waals surface area contributed by atoms with Gasteiger partial charge < -0.3 is 10.6 Å². The molecular formula is C27H40N4. The second kappa shape index (κ2) is 14.4. The van der Waals surface area contributed by atoms with Crippen molar-refractivity contribution in [1.82, 2.24) is 10.6 Å². The van der Waals surface area contributed by atoms with Gasteiger partial charge in [-0.15, -0.1) is 0 Å². The Bertz CT molecular complexity index is 782. The smallest absolute Gasteiger partial charge is 0.0970 e. The zero-order valence-electron chi connectivity index (χ0n) is 19.4. The van der Waals surface area contributed by atoms with Crippen LogP contribution in [0.1, 0.15) is 75.8 Å². The minimum absolute atomic E-state index is 0.561. The highest BCUT2D eigenvalue weighted by Gasteiger charge is 2.12. The molecule has 0 heterocycles. The molecule has 4 nitrogen and oxygen atoms in total. The van der Waals surface area contributed by atoms with E-state index in [0.29, 0.717) is 18.3 Å². The van der Waals surface area contributed by atoms with E-state index in [1.165, 1.54) is 37.7 Å². The molecule has 0 bridgehead atoms. The number of rotatable bonds is 12. The topological polar surface area (TPSA) is 60.3 Å². The molecule has 0 atom stereocenters. The first-order valence-corrected chi connectivity index (χ1v) is 11.7. The average Bonchev–Trinajstić information content (AvgIpc) is 2.76. The van der Waals surface area contributed by atoms with E-state index >= 15 is 0 Å². The van der Waals surface area contributed by atoms with Crippen LogP contribution in [0.2, 0.25) is 0 Å². The maximum atomic E-state index is 8.05. The third-order valence-electron chi connectivity index (χ3n) is 5.55. The van der Waals surface area contributed by atoms with Crippen molar-refractivity contribution in [2.45, 2.75) is 77.7 Å². The summed E-state index contributed by atoms with van der Waals surface area (Å²) in [5, 5.41) is 14.8. The van der Waals surface area contributed by atoms with Crippen molar-refractivity contribution >= 4 is 17.7 Å². The summed E-state index contributed by atoms with van der Waals surface area (Å²) in [6.07, 6.45) is 18.1. The first-order valence-electron chi connectivity index (χ1n) is 11.7. The van der Waals surface area contributed by atoms with Crippen LogP contribution in [0.5, 0.6) is 0 Å². The molecular weight excluding hydrogens is 380 g/mol. The van der Waals surface area contributed by atoms with Crippen molar-refractivity contribution in [3.63, 3.8) is 0 Å². The standard InChI is InChI=1S/C27H40N4/c1-4-26(24-14-12-13-22(2)21-24)29-19-11-6-5-10-17-27(28)30-20-18-23(3)31-25-15-8-7-9-16-25/h4-5,10,12-14,19,21,25,31H,3,6-9,11,15-18,20H2,1-2H3,(H2,28,30)/b10-5-,26-4-,29-19+. The maximum Gasteiger partial charge on any atom is 0.0970 e. The number of hydrogen-bond donors (Lipinski definition) is 3. The van der Waals surface area contributed by atoms with Crippen LogP contribution in [0, 0.1) is 12.3 Å². The largest absolute Gasteiger partial charge is 0.386 e. The van der Waals surface area contributed by atoms with Gasteiger partial charge in [0.15, 0.2) is 0 Å². The van der Waals surface area contributed by atoms with Crippen molar-refractivity contribution in [2.75, 3.05) is 6.54 Å². The summed E-state index contributed by atoms with van der Waals surface area (Å²) >= 11 is 0. The second-order valence-electron chi connectivity index (χ2n) is 8.35. The fraction of sp³-hybridized carbons (Fsp3) is 0.481. The van der Waals surface area contributed by atoms with Gasteiger partial charge in [0, 0.05) is 42.9 Å². The van der Waals surface area contributed by atoms with Gasteiger partial charge in [0.2, 0.25) is 0 Å². The zero-order valence-corrected chi connectivity index (χ0v) is 19.4. The third kappa shape index (κ3) is 10.3. The van der Waals surface area contributed by atoms with E-state index in [4.69, 9.17) is 5.41 Å². The van der Waals surface area contributed by atoms with Crippen molar-refractivity contribution < 1.29 is 0 Å². The van der Waals surface area contributed by atoms with Crippen molar-refractivity contribution in [1.29, 1.82) is 5.41 Å². The molecule has 0 spiro atoms. The number of aliphatic imine (C=N–C) groups is 1. The monoisotopic (exact) mass is 420 g/mol. The lowest BCUT2D eigenvalue weighted by molar-refractivity contribution is 0.393. The van der Waals surface area contributed by atoms with Crippen LogP contribution in [-0.4, -0.2) is 24.6 Å². The van der Waals surface area contributed by atoms with Gasteiger partial charge in [-0.1, -0.05) is 67.8 Å². The molecule has 31 heavy (non-hydrogen) atoms. The molecule has 2 rings (SSSR count).